The maximum absolute atomic E-state index is 13.8. The van der Waals surface area contributed by atoms with E-state index in [9.17, 15) is 30.8 Å². The number of piperidine rings is 1. The Kier molecular flexibility index (Phi) is 6.23. The monoisotopic (exact) mass is 460 g/mol. The SMILES string of the molecule is CCCN1C(=O)CCC2=CC(NS(=O)(=O)Cc3ccc(C(F)(F)F)c(F)c3)=CCC21C. The second-order valence-electron chi connectivity index (χ2n) is 8.03. The zero-order valence-corrected chi connectivity index (χ0v) is 18.0. The number of alkyl halides is 3. The Balaban J connectivity index is 1.75. The number of halogens is 4. The highest BCUT2D eigenvalue weighted by molar-refractivity contribution is 7.88. The van der Waals surface area contributed by atoms with Crippen molar-refractivity contribution in [2.75, 3.05) is 6.54 Å². The summed E-state index contributed by atoms with van der Waals surface area (Å²) in [7, 11) is -3.98. The molecule has 1 N–H and O–H groups in total. The van der Waals surface area contributed by atoms with Crippen LogP contribution in [0.15, 0.2) is 41.6 Å². The summed E-state index contributed by atoms with van der Waals surface area (Å²) in [5, 5.41) is 0. The molecule has 1 aromatic rings. The van der Waals surface area contributed by atoms with Gasteiger partial charge in [-0.3, -0.25) is 9.52 Å². The minimum Gasteiger partial charge on any atom is -0.333 e. The fourth-order valence-corrected chi connectivity index (χ4v) is 5.29. The predicted octanol–water partition coefficient (Wildman–Crippen LogP) is 4.27. The maximum Gasteiger partial charge on any atom is 0.419 e. The lowest BCUT2D eigenvalue weighted by Crippen LogP contribution is -2.55. The first-order valence-electron chi connectivity index (χ1n) is 9.93. The van der Waals surface area contributed by atoms with Crippen molar-refractivity contribution >= 4 is 15.9 Å². The molecular weight excluding hydrogens is 436 g/mol. The fraction of sp³-hybridized carbons (Fsp3) is 0.476. The average Bonchev–Trinajstić information content (AvgIpc) is 2.64. The number of fused-ring (bicyclic) bond motifs is 1. The van der Waals surface area contributed by atoms with E-state index in [2.05, 4.69) is 4.72 Å². The van der Waals surface area contributed by atoms with Crippen LogP contribution in [-0.2, 0) is 26.7 Å². The van der Waals surface area contributed by atoms with Crippen molar-refractivity contribution in [1.29, 1.82) is 0 Å². The second-order valence-corrected chi connectivity index (χ2v) is 9.75. The summed E-state index contributed by atoms with van der Waals surface area (Å²) in [6.07, 6.45) is 0.682. The number of hydrogen-bond acceptors (Lipinski definition) is 3. The van der Waals surface area contributed by atoms with Crippen LogP contribution in [0.25, 0.3) is 0 Å². The molecule has 5 nitrogen and oxygen atoms in total. The fourth-order valence-electron chi connectivity index (χ4n) is 4.10. The smallest absolute Gasteiger partial charge is 0.333 e. The lowest BCUT2D eigenvalue weighted by molar-refractivity contribution is -0.140. The molecular formula is C21H24F4N2O3S. The molecule has 1 aliphatic carbocycles. The first-order valence-corrected chi connectivity index (χ1v) is 11.6. The minimum absolute atomic E-state index is 0.0725. The maximum atomic E-state index is 13.8. The number of nitrogens with one attached hydrogen (secondary N) is 1. The van der Waals surface area contributed by atoms with E-state index in [0.717, 1.165) is 18.1 Å². The zero-order valence-electron chi connectivity index (χ0n) is 17.2. The van der Waals surface area contributed by atoms with E-state index in [1.165, 1.54) is 0 Å². The molecule has 0 saturated carbocycles. The van der Waals surface area contributed by atoms with Crippen LogP contribution in [0, 0.1) is 5.82 Å². The quantitative estimate of drug-likeness (QED) is 0.645. The normalized spacial score (nSPS) is 22.0. The van der Waals surface area contributed by atoms with Gasteiger partial charge in [-0.25, -0.2) is 12.8 Å². The van der Waals surface area contributed by atoms with Gasteiger partial charge in [0.1, 0.15) is 5.82 Å². The summed E-state index contributed by atoms with van der Waals surface area (Å²) in [6, 6.07) is 2.07. The molecule has 1 fully saturated rings. The van der Waals surface area contributed by atoms with E-state index in [1.807, 2.05) is 18.7 Å². The number of carbonyl (C=O) groups excluding carboxylic acids is 1. The van der Waals surface area contributed by atoms with Crippen molar-refractivity contribution < 1.29 is 30.8 Å². The van der Waals surface area contributed by atoms with Crippen molar-refractivity contribution in [1.82, 2.24) is 9.62 Å². The molecule has 1 atom stereocenters. The number of likely N-dealkylation sites (tertiary alicyclic amines) is 1. The first kappa shape index (κ1) is 23.3. The third-order valence-corrected chi connectivity index (χ3v) is 6.92. The second kappa shape index (κ2) is 8.29. The van der Waals surface area contributed by atoms with Crippen LogP contribution in [0.3, 0.4) is 0 Å². The van der Waals surface area contributed by atoms with Gasteiger partial charge in [0.15, 0.2) is 0 Å². The van der Waals surface area contributed by atoms with Crippen LogP contribution in [0.4, 0.5) is 17.6 Å². The number of nitrogens with zero attached hydrogens (tertiary/aromatic N) is 1. The summed E-state index contributed by atoms with van der Waals surface area (Å²) in [6.45, 7) is 4.55. The van der Waals surface area contributed by atoms with Crippen LogP contribution in [0.2, 0.25) is 0 Å². The number of sulfonamides is 1. The molecule has 2 aliphatic rings. The van der Waals surface area contributed by atoms with Gasteiger partial charge in [0.05, 0.1) is 16.9 Å². The molecule has 31 heavy (non-hydrogen) atoms. The molecule has 170 valence electrons. The molecule has 1 aliphatic heterocycles. The Morgan fingerprint density at radius 2 is 1.94 bits per heavy atom. The van der Waals surface area contributed by atoms with Gasteiger partial charge in [-0.1, -0.05) is 19.1 Å². The van der Waals surface area contributed by atoms with Crippen LogP contribution in [0.5, 0.6) is 0 Å². The van der Waals surface area contributed by atoms with Gasteiger partial charge in [0, 0.05) is 18.7 Å². The third-order valence-electron chi connectivity index (χ3n) is 5.66. The first-order chi connectivity index (χ1) is 14.4. The van der Waals surface area contributed by atoms with Crippen LogP contribution in [0.1, 0.15) is 50.7 Å². The van der Waals surface area contributed by atoms with Gasteiger partial charge < -0.3 is 4.90 Å². The topological polar surface area (TPSA) is 66.5 Å². The van der Waals surface area contributed by atoms with Crippen LogP contribution < -0.4 is 4.72 Å². The molecule has 1 unspecified atom stereocenters. The highest BCUT2D eigenvalue weighted by Gasteiger charge is 2.42. The van der Waals surface area contributed by atoms with E-state index in [4.69, 9.17) is 0 Å². The van der Waals surface area contributed by atoms with Crippen LogP contribution in [-0.4, -0.2) is 31.3 Å². The average molecular weight is 460 g/mol. The van der Waals surface area contributed by atoms with Crippen molar-refractivity contribution in [2.24, 2.45) is 0 Å². The van der Waals surface area contributed by atoms with Gasteiger partial charge in [-0.2, -0.15) is 13.2 Å². The molecule has 1 saturated heterocycles. The lowest BCUT2D eigenvalue weighted by Gasteiger charge is -2.48. The van der Waals surface area contributed by atoms with E-state index >= 15 is 0 Å². The van der Waals surface area contributed by atoms with Gasteiger partial charge in [0.2, 0.25) is 15.9 Å². The summed E-state index contributed by atoms with van der Waals surface area (Å²) in [5.41, 5.74) is -0.753. The van der Waals surface area contributed by atoms with Crippen molar-refractivity contribution in [3.63, 3.8) is 0 Å². The molecule has 1 amide bonds. The number of carbonyl (C=O) groups is 1. The Morgan fingerprint density at radius 1 is 1.23 bits per heavy atom. The highest BCUT2D eigenvalue weighted by Crippen LogP contribution is 2.40. The molecule has 0 aromatic heterocycles. The molecule has 0 radical (unpaired) electrons. The van der Waals surface area contributed by atoms with Gasteiger partial charge >= 0.3 is 6.18 Å². The summed E-state index contributed by atoms with van der Waals surface area (Å²) < 4.78 is 79.3. The molecule has 3 rings (SSSR count). The lowest BCUT2D eigenvalue weighted by atomic mass is 9.77. The Morgan fingerprint density at radius 3 is 2.55 bits per heavy atom. The van der Waals surface area contributed by atoms with Gasteiger partial charge in [-0.05, 0) is 55.5 Å². The van der Waals surface area contributed by atoms with E-state index in [1.54, 1.807) is 12.2 Å². The highest BCUT2D eigenvalue weighted by atomic mass is 32.2. The van der Waals surface area contributed by atoms with Crippen molar-refractivity contribution in [2.45, 2.75) is 57.0 Å². The number of benzene rings is 1. The Hall–Kier alpha value is -2.36. The molecule has 0 bridgehead atoms. The number of hydrogen-bond donors (Lipinski definition) is 1. The van der Waals surface area contributed by atoms with E-state index in [-0.39, 0.29) is 11.5 Å². The van der Waals surface area contributed by atoms with Crippen molar-refractivity contribution in [3.8, 4) is 0 Å². The number of amides is 1. The number of allylic oxidation sites excluding steroid dienone is 1. The van der Waals surface area contributed by atoms with Gasteiger partial charge in [-0.15, -0.1) is 0 Å². The van der Waals surface area contributed by atoms with Crippen molar-refractivity contribution in [3.05, 3.63) is 58.6 Å². The van der Waals surface area contributed by atoms with E-state index < -0.39 is 38.9 Å². The Labute approximate surface area is 178 Å². The van der Waals surface area contributed by atoms with E-state index in [0.29, 0.717) is 43.6 Å². The summed E-state index contributed by atoms with van der Waals surface area (Å²) in [4.78, 5) is 14.2. The number of rotatable bonds is 6. The zero-order chi connectivity index (χ0) is 23.0. The predicted molar refractivity (Wildman–Crippen MR) is 108 cm³/mol. The molecule has 10 heteroatoms. The Bertz CT molecular complexity index is 1050. The van der Waals surface area contributed by atoms with Crippen LogP contribution >= 0.6 is 0 Å². The summed E-state index contributed by atoms with van der Waals surface area (Å²) >= 11 is 0. The largest absolute Gasteiger partial charge is 0.419 e. The standard InChI is InChI=1S/C21H24F4N2O3S/c1-3-10-27-19(28)7-5-15-12-16(8-9-20(15,27)2)26-31(29,30)13-14-4-6-17(18(22)11-14)21(23,24)25/h4,6,8,11-12,26H,3,5,7,9-10,13H2,1-2H3. The van der Waals surface area contributed by atoms with Gasteiger partial charge in [0.25, 0.3) is 0 Å². The molecule has 1 aromatic carbocycles. The molecule has 1 heterocycles. The third kappa shape index (κ3) is 4.94. The minimum atomic E-state index is -4.85. The molecule has 0 spiro atoms. The summed E-state index contributed by atoms with van der Waals surface area (Å²) in [5.74, 6) is -2.11.